The van der Waals surface area contributed by atoms with Crippen molar-refractivity contribution in [1.82, 2.24) is 4.90 Å². The van der Waals surface area contributed by atoms with Crippen LogP contribution in [0.2, 0.25) is 0 Å². The number of nitrogens with zero attached hydrogens (tertiary/aromatic N) is 2. The summed E-state index contributed by atoms with van der Waals surface area (Å²) in [6.45, 7) is 3.49. The van der Waals surface area contributed by atoms with Gasteiger partial charge in [-0.2, -0.15) is 4.76 Å². The topological polar surface area (TPSA) is 34.1 Å². The van der Waals surface area contributed by atoms with Crippen LogP contribution in [0.25, 0.3) is 0 Å². The molecule has 7 heteroatoms. The Labute approximate surface area is 102 Å². The van der Waals surface area contributed by atoms with Crippen molar-refractivity contribution in [2.24, 2.45) is 4.76 Å². The first-order valence-electron chi connectivity index (χ1n) is 4.67. The molecule has 0 saturated carbocycles. The van der Waals surface area contributed by atoms with Gasteiger partial charge in [-0.05, 0) is 31.9 Å². The van der Waals surface area contributed by atoms with Gasteiger partial charge in [0, 0.05) is 27.3 Å². The Morgan fingerprint density at radius 3 is 2.07 bits per heavy atom. The number of hydrogen-bond acceptors (Lipinski definition) is 4. The molecule has 0 aromatic heterocycles. The fourth-order valence-electron chi connectivity index (χ4n) is 0.988. The van der Waals surface area contributed by atoms with Gasteiger partial charge in [0.25, 0.3) is 0 Å². The Balaban J connectivity index is 4.93. The van der Waals surface area contributed by atoms with Gasteiger partial charge in [-0.25, -0.2) is 0 Å². The molecule has 0 aliphatic carbocycles. The van der Waals surface area contributed by atoms with E-state index in [4.69, 9.17) is 20.9 Å². The Morgan fingerprint density at radius 1 is 1.33 bits per heavy atom. The molecule has 0 fully saturated rings. The molecule has 0 spiro atoms. The highest BCUT2D eigenvalue weighted by atomic mass is 32.5. The van der Waals surface area contributed by atoms with Gasteiger partial charge in [-0.3, -0.25) is 0 Å². The molecule has 0 aromatic rings. The first-order chi connectivity index (χ1) is 7.06. The molecule has 0 amide bonds. The zero-order chi connectivity index (χ0) is 11.9. The van der Waals surface area contributed by atoms with Crippen LogP contribution in [0.15, 0.2) is 4.76 Å². The normalized spacial score (nSPS) is 13.0. The van der Waals surface area contributed by atoms with Crippen molar-refractivity contribution >= 4 is 35.4 Å². The minimum Gasteiger partial charge on any atom is -0.352 e. The summed E-state index contributed by atoms with van der Waals surface area (Å²) in [5.41, 5.74) is 0. The van der Waals surface area contributed by atoms with E-state index in [2.05, 4.69) is 23.5 Å². The van der Waals surface area contributed by atoms with Gasteiger partial charge < -0.3 is 13.9 Å². The van der Waals surface area contributed by atoms with E-state index < -0.39 is 6.64 Å². The van der Waals surface area contributed by atoms with Crippen molar-refractivity contribution in [2.45, 2.75) is 13.8 Å². The molecule has 4 nitrogen and oxygen atoms in total. The third kappa shape index (κ3) is 4.83. The Hall–Kier alpha value is 0.390. The second-order valence-corrected chi connectivity index (χ2v) is 6.62. The van der Waals surface area contributed by atoms with E-state index in [-0.39, 0.29) is 0 Å². The van der Waals surface area contributed by atoms with Crippen molar-refractivity contribution in [3.05, 3.63) is 0 Å². The van der Waals surface area contributed by atoms with Crippen LogP contribution in [0.3, 0.4) is 0 Å². The molecule has 15 heavy (non-hydrogen) atoms. The average molecular weight is 270 g/mol. The maximum atomic E-state index is 5.20. The van der Waals surface area contributed by atoms with Crippen LogP contribution in [0, 0.1) is 0 Å². The van der Waals surface area contributed by atoms with E-state index in [1.165, 1.54) is 14.2 Å². The smallest absolute Gasteiger partial charge is 0.310 e. The average Bonchev–Trinajstić information content (AvgIpc) is 2.29. The van der Waals surface area contributed by atoms with Crippen LogP contribution in [0.5, 0.6) is 0 Å². The molecule has 0 atom stereocenters. The largest absolute Gasteiger partial charge is 0.352 e. The Kier molecular flexibility index (Phi) is 7.83. The number of hydrogen-bond donors (Lipinski definition) is 0. The maximum Gasteiger partial charge on any atom is 0.310 e. The fourth-order valence-corrected chi connectivity index (χ4v) is 3.19. The molecule has 0 rings (SSSR count). The van der Waals surface area contributed by atoms with Crippen molar-refractivity contribution in [1.29, 1.82) is 0 Å². The van der Waals surface area contributed by atoms with Crippen LogP contribution < -0.4 is 0 Å². The summed E-state index contributed by atoms with van der Waals surface area (Å²) in [6, 6.07) is 0. The van der Waals surface area contributed by atoms with Gasteiger partial charge in [-0.1, -0.05) is 11.8 Å². The highest BCUT2D eigenvalue weighted by molar-refractivity contribution is 8.14. The lowest BCUT2D eigenvalue weighted by atomic mass is 10.6. The van der Waals surface area contributed by atoms with E-state index in [1.807, 2.05) is 6.26 Å². The summed E-state index contributed by atoms with van der Waals surface area (Å²) >= 11 is 6.76. The lowest BCUT2D eigenvalue weighted by Gasteiger charge is -2.23. The molecule has 0 aliphatic heterocycles. The minimum atomic E-state index is -2.48. The summed E-state index contributed by atoms with van der Waals surface area (Å²) in [7, 11) is 3.07. The fraction of sp³-hybridized carbons (Fsp3) is 0.875. The molecule has 0 heterocycles. The Bertz CT molecular complexity index is 249. The SMILES string of the molecule is CCN(CC)C(=NP(=S)(OC)OC)SC. The zero-order valence-corrected chi connectivity index (χ0v) is 12.4. The molecule has 0 bridgehead atoms. The van der Waals surface area contributed by atoms with Gasteiger partial charge >= 0.3 is 6.64 Å². The summed E-state index contributed by atoms with van der Waals surface area (Å²) in [6.07, 6.45) is 1.97. The van der Waals surface area contributed by atoms with Crippen LogP contribution >= 0.6 is 18.4 Å². The van der Waals surface area contributed by atoms with Gasteiger partial charge in [0.1, 0.15) is 0 Å². The zero-order valence-electron chi connectivity index (χ0n) is 9.89. The summed E-state index contributed by atoms with van der Waals surface area (Å²) < 4.78 is 14.7. The van der Waals surface area contributed by atoms with Crippen molar-refractivity contribution in [2.75, 3.05) is 33.6 Å². The van der Waals surface area contributed by atoms with Crippen LogP contribution in [-0.4, -0.2) is 43.6 Å². The number of thioether (sulfide) groups is 1. The monoisotopic (exact) mass is 270 g/mol. The standard InChI is InChI=1S/C8H19N2O2PS2/c1-6-10(7-2)8(15-5)9-13(14,11-3)12-4/h6-7H2,1-5H3. The summed E-state index contributed by atoms with van der Waals surface area (Å²) in [5, 5.41) is 0.882. The molecular formula is C8H19N2O2PS2. The molecule has 0 unspecified atom stereocenters. The second kappa shape index (κ2) is 7.63. The first kappa shape index (κ1) is 15.4. The van der Waals surface area contributed by atoms with Crippen LogP contribution in [0.1, 0.15) is 13.8 Å². The summed E-state index contributed by atoms with van der Waals surface area (Å²) in [5.74, 6) is 0. The maximum absolute atomic E-state index is 5.20. The van der Waals surface area contributed by atoms with E-state index in [0.717, 1.165) is 18.3 Å². The number of amidine groups is 1. The lowest BCUT2D eigenvalue weighted by molar-refractivity contribution is 0.337. The van der Waals surface area contributed by atoms with Gasteiger partial charge in [0.05, 0.1) is 0 Å². The van der Waals surface area contributed by atoms with Gasteiger partial charge in [0.15, 0.2) is 5.17 Å². The molecular weight excluding hydrogens is 251 g/mol. The predicted octanol–water partition coefficient (Wildman–Crippen LogP) is 2.56. The van der Waals surface area contributed by atoms with Crippen LogP contribution in [-0.2, 0) is 20.9 Å². The van der Waals surface area contributed by atoms with Gasteiger partial charge in [0.2, 0.25) is 0 Å². The molecule has 0 aliphatic rings. The van der Waals surface area contributed by atoms with E-state index in [0.29, 0.717) is 0 Å². The van der Waals surface area contributed by atoms with Gasteiger partial charge in [-0.15, -0.1) is 0 Å². The predicted molar refractivity (Wildman–Crippen MR) is 72.2 cm³/mol. The minimum absolute atomic E-state index is 0.882. The number of rotatable bonds is 5. The third-order valence-corrected chi connectivity index (χ3v) is 5.23. The highest BCUT2D eigenvalue weighted by Crippen LogP contribution is 2.49. The van der Waals surface area contributed by atoms with Crippen molar-refractivity contribution in [3.8, 4) is 0 Å². The molecule has 0 aromatic carbocycles. The highest BCUT2D eigenvalue weighted by Gasteiger charge is 2.17. The lowest BCUT2D eigenvalue weighted by Crippen LogP contribution is -2.28. The Morgan fingerprint density at radius 2 is 1.80 bits per heavy atom. The quantitative estimate of drug-likeness (QED) is 0.436. The first-order valence-corrected chi connectivity index (χ1v) is 8.49. The van der Waals surface area contributed by atoms with E-state index >= 15 is 0 Å². The van der Waals surface area contributed by atoms with Crippen LogP contribution in [0.4, 0.5) is 0 Å². The molecule has 0 saturated heterocycles. The summed E-state index contributed by atoms with van der Waals surface area (Å²) in [4.78, 5) is 2.13. The van der Waals surface area contributed by atoms with E-state index in [1.54, 1.807) is 11.8 Å². The molecule has 0 radical (unpaired) electrons. The van der Waals surface area contributed by atoms with Crippen molar-refractivity contribution < 1.29 is 9.05 Å². The molecule has 90 valence electrons. The third-order valence-electron chi connectivity index (χ3n) is 1.89. The second-order valence-electron chi connectivity index (χ2n) is 2.59. The molecule has 0 N–H and O–H groups in total. The van der Waals surface area contributed by atoms with E-state index in [9.17, 15) is 0 Å². The van der Waals surface area contributed by atoms with Crippen molar-refractivity contribution in [3.63, 3.8) is 0 Å².